The number of aryl methyl sites for hydroxylation is 1. The Morgan fingerprint density at radius 1 is 1.47 bits per heavy atom. The minimum atomic E-state index is -0.333. The number of nitrogens with zero attached hydrogens (tertiary/aromatic N) is 2. The van der Waals surface area contributed by atoms with Gasteiger partial charge in [0.15, 0.2) is 13.0 Å². The van der Waals surface area contributed by atoms with Crippen LogP contribution < -0.4 is 15.1 Å². The van der Waals surface area contributed by atoms with E-state index in [0.717, 1.165) is 0 Å². The summed E-state index contributed by atoms with van der Waals surface area (Å²) >= 11 is 0. The van der Waals surface area contributed by atoms with Crippen LogP contribution in [-0.2, 0) is 13.6 Å². The first kappa shape index (κ1) is 10.4. The second-order valence-electron chi connectivity index (χ2n) is 4.15. The van der Waals surface area contributed by atoms with Gasteiger partial charge in [-0.1, -0.05) is 23.9 Å². The predicted octanol–water partition coefficient (Wildman–Crippen LogP) is -0.00500. The fourth-order valence-electron chi connectivity index (χ4n) is 2.07. The average molecular weight is 211 g/mol. The highest BCUT2D eigenvalue weighted by molar-refractivity contribution is 5.02. The average Bonchev–Trinajstić information content (AvgIpc) is 2.58. The molecular weight excluding hydrogens is 194 g/mol. The molecule has 1 heterocycles. The van der Waals surface area contributed by atoms with Gasteiger partial charge in [0.2, 0.25) is 5.69 Å². The van der Waals surface area contributed by atoms with E-state index >= 15 is 0 Å². The molecule has 1 aromatic heterocycles. The molecule has 1 aliphatic rings. The number of rotatable bonds is 3. The van der Waals surface area contributed by atoms with E-state index in [-0.39, 0.29) is 5.95 Å². The van der Waals surface area contributed by atoms with Crippen molar-refractivity contribution in [3.05, 3.63) is 5.69 Å². The molecule has 0 unspecified atom stereocenters. The quantitative estimate of drug-likeness (QED) is 0.714. The van der Waals surface area contributed by atoms with Gasteiger partial charge in [0.25, 0.3) is 0 Å². The summed E-state index contributed by atoms with van der Waals surface area (Å²) in [6.45, 7) is 0.559. The van der Waals surface area contributed by atoms with Gasteiger partial charge in [0.1, 0.15) is 0 Å². The summed E-state index contributed by atoms with van der Waals surface area (Å²) in [5.41, 5.74) is 0.598. The summed E-state index contributed by atoms with van der Waals surface area (Å²) in [5.74, 6) is -0.333. The van der Waals surface area contributed by atoms with Gasteiger partial charge >= 0.3 is 0 Å². The van der Waals surface area contributed by atoms with Crippen molar-refractivity contribution in [1.82, 2.24) is 10.6 Å². The van der Waals surface area contributed by atoms with Crippen LogP contribution in [0.2, 0.25) is 0 Å². The molecule has 1 aliphatic carbocycles. The second-order valence-corrected chi connectivity index (χ2v) is 4.15. The topological polar surface area (TPSA) is 65.0 Å². The molecule has 1 fully saturated rings. The molecule has 5 nitrogen and oxygen atoms in total. The lowest BCUT2D eigenvalue weighted by molar-refractivity contribution is -0.746. The number of hydrogen-bond donors (Lipinski definition) is 1. The van der Waals surface area contributed by atoms with Crippen molar-refractivity contribution in [2.75, 3.05) is 0 Å². The van der Waals surface area contributed by atoms with Crippen LogP contribution in [0.1, 0.15) is 37.8 Å². The molecule has 0 amide bonds. The van der Waals surface area contributed by atoms with Crippen LogP contribution in [0.5, 0.6) is 5.95 Å². The van der Waals surface area contributed by atoms with Gasteiger partial charge in [-0.3, -0.25) is 0 Å². The molecule has 15 heavy (non-hydrogen) atoms. The summed E-state index contributed by atoms with van der Waals surface area (Å²) in [7, 11) is 1.72. The van der Waals surface area contributed by atoms with Crippen molar-refractivity contribution in [3.63, 3.8) is 0 Å². The van der Waals surface area contributed by atoms with Gasteiger partial charge in [-0.05, 0) is 12.8 Å². The van der Waals surface area contributed by atoms with E-state index in [1.54, 1.807) is 7.05 Å². The van der Waals surface area contributed by atoms with Crippen LogP contribution in [0.25, 0.3) is 0 Å². The van der Waals surface area contributed by atoms with Crippen LogP contribution in [0, 0.1) is 0 Å². The zero-order valence-corrected chi connectivity index (χ0v) is 9.03. The molecule has 0 bridgehead atoms. The Morgan fingerprint density at radius 3 is 2.80 bits per heavy atom. The Labute approximate surface area is 89.1 Å². The summed E-state index contributed by atoms with van der Waals surface area (Å²) in [5, 5.41) is 18.2. The summed E-state index contributed by atoms with van der Waals surface area (Å²) in [4.78, 5) is 0. The van der Waals surface area contributed by atoms with Gasteiger partial charge in [-0.15, -0.1) is 0 Å². The fraction of sp³-hybridized carbons (Fsp3) is 0.800. The molecule has 1 N–H and O–H groups in total. The smallest absolute Gasteiger partial charge is 0.246 e. The molecule has 0 radical (unpaired) electrons. The lowest BCUT2D eigenvalue weighted by Crippen LogP contribution is -2.39. The lowest BCUT2D eigenvalue weighted by Gasteiger charge is -2.21. The molecule has 1 aromatic rings. The standard InChI is InChI=1S/C10H17N3O2/c1-13-9(10(14)15-12-13)7-11-8-5-3-2-4-6-8/h8,11H,2-7H2,1H3. The molecule has 0 aliphatic heterocycles. The molecule has 5 heteroatoms. The van der Waals surface area contributed by atoms with E-state index in [2.05, 4.69) is 15.1 Å². The number of aromatic nitrogens is 2. The Morgan fingerprint density at radius 2 is 2.20 bits per heavy atom. The van der Waals surface area contributed by atoms with E-state index in [9.17, 15) is 5.11 Å². The first-order valence-corrected chi connectivity index (χ1v) is 5.52. The third-order valence-corrected chi connectivity index (χ3v) is 3.04. The van der Waals surface area contributed by atoms with Gasteiger partial charge < -0.3 is 14.9 Å². The molecule has 1 saturated carbocycles. The lowest BCUT2D eigenvalue weighted by atomic mass is 9.95. The normalized spacial score (nSPS) is 18.2. The molecular formula is C10H17N3O2. The van der Waals surface area contributed by atoms with E-state index in [4.69, 9.17) is 0 Å². The Hall–Kier alpha value is -1.10. The summed E-state index contributed by atoms with van der Waals surface area (Å²) < 4.78 is 6.05. The third-order valence-electron chi connectivity index (χ3n) is 3.04. The van der Waals surface area contributed by atoms with Gasteiger partial charge in [-0.2, -0.15) is 0 Å². The highest BCUT2D eigenvalue weighted by atomic mass is 16.6. The minimum absolute atomic E-state index is 0.333. The maximum atomic E-state index is 11.2. The maximum absolute atomic E-state index is 11.2. The molecule has 0 aromatic carbocycles. The third kappa shape index (κ3) is 2.47. The van der Waals surface area contributed by atoms with Crippen molar-refractivity contribution in [2.24, 2.45) is 7.05 Å². The van der Waals surface area contributed by atoms with Crippen molar-refractivity contribution in [2.45, 2.75) is 44.7 Å². The van der Waals surface area contributed by atoms with Crippen molar-refractivity contribution in [3.8, 4) is 5.95 Å². The van der Waals surface area contributed by atoms with Gasteiger partial charge in [0, 0.05) is 6.04 Å². The van der Waals surface area contributed by atoms with E-state index < -0.39 is 0 Å². The second kappa shape index (κ2) is 4.61. The monoisotopic (exact) mass is 211 g/mol. The first-order chi connectivity index (χ1) is 7.27. The predicted molar refractivity (Wildman–Crippen MR) is 50.8 cm³/mol. The first-order valence-electron chi connectivity index (χ1n) is 5.52. The number of nitrogens with one attached hydrogen (secondary N) is 1. The van der Waals surface area contributed by atoms with E-state index in [0.29, 0.717) is 18.3 Å². The molecule has 0 atom stereocenters. The van der Waals surface area contributed by atoms with Crippen molar-refractivity contribution in [1.29, 1.82) is 0 Å². The maximum Gasteiger partial charge on any atom is 0.246 e. The Balaban J connectivity index is 1.87. The van der Waals surface area contributed by atoms with Crippen LogP contribution in [-0.4, -0.2) is 11.3 Å². The highest BCUT2D eigenvalue weighted by Crippen LogP contribution is 2.18. The minimum Gasteiger partial charge on any atom is -0.539 e. The zero-order chi connectivity index (χ0) is 10.7. The van der Waals surface area contributed by atoms with Crippen LogP contribution in [0.4, 0.5) is 0 Å². The highest BCUT2D eigenvalue weighted by Gasteiger charge is 2.17. The number of hydrogen-bond acceptors (Lipinski definition) is 4. The van der Waals surface area contributed by atoms with Crippen LogP contribution in [0.3, 0.4) is 0 Å². The molecule has 0 spiro atoms. The van der Waals surface area contributed by atoms with Crippen LogP contribution in [0.15, 0.2) is 4.52 Å². The van der Waals surface area contributed by atoms with Crippen molar-refractivity contribution < 1.29 is 14.3 Å². The SMILES string of the molecule is C[n+]1noc([O-])c1CNC1CCCCC1. The Bertz CT molecular complexity index is 299. The summed E-state index contributed by atoms with van der Waals surface area (Å²) in [6, 6.07) is 0.549. The van der Waals surface area contributed by atoms with Crippen molar-refractivity contribution >= 4 is 0 Å². The van der Waals surface area contributed by atoms with E-state index in [1.165, 1.54) is 36.8 Å². The fourth-order valence-corrected chi connectivity index (χ4v) is 2.07. The van der Waals surface area contributed by atoms with Gasteiger partial charge in [0.05, 0.1) is 11.8 Å². The molecule has 2 rings (SSSR count). The van der Waals surface area contributed by atoms with Gasteiger partial charge in [-0.25, -0.2) is 0 Å². The summed E-state index contributed by atoms with van der Waals surface area (Å²) in [6.07, 6.45) is 6.34. The molecule has 0 saturated heterocycles. The van der Waals surface area contributed by atoms with E-state index in [1.807, 2.05) is 0 Å². The Kier molecular flexibility index (Phi) is 3.20. The largest absolute Gasteiger partial charge is 0.539 e. The van der Waals surface area contributed by atoms with Crippen LogP contribution >= 0.6 is 0 Å². The molecule has 84 valence electrons. The zero-order valence-electron chi connectivity index (χ0n) is 9.03.